The third-order valence-corrected chi connectivity index (χ3v) is 5.62. The number of nitrogens with one attached hydrogen (secondary N) is 2. The zero-order valence-corrected chi connectivity index (χ0v) is 17.8. The zero-order chi connectivity index (χ0) is 21.8. The number of hydrogen-bond acceptors (Lipinski definition) is 7. The summed E-state index contributed by atoms with van der Waals surface area (Å²) in [6.45, 7) is 8.30. The predicted octanol–water partition coefficient (Wildman–Crippen LogP) is 2.42. The molecule has 0 spiro atoms. The number of esters is 1. The lowest BCUT2D eigenvalue weighted by molar-refractivity contribution is -0.123. The Morgan fingerprint density at radius 3 is 2.34 bits per heavy atom. The van der Waals surface area contributed by atoms with Crippen molar-refractivity contribution in [3.8, 4) is 0 Å². The van der Waals surface area contributed by atoms with Crippen molar-refractivity contribution in [2.75, 3.05) is 5.32 Å². The van der Waals surface area contributed by atoms with Gasteiger partial charge >= 0.3 is 5.97 Å². The summed E-state index contributed by atoms with van der Waals surface area (Å²) < 4.78 is 37.0. The topological polar surface area (TPSA) is 128 Å². The number of benzene rings is 1. The minimum absolute atomic E-state index is 0.0821. The van der Waals surface area contributed by atoms with E-state index in [1.54, 1.807) is 20.8 Å². The molecule has 0 aliphatic rings. The van der Waals surface area contributed by atoms with Gasteiger partial charge in [-0.3, -0.25) is 4.79 Å². The molecule has 2 N–H and O–H groups in total. The number of carbonyl (C=O) groups excluding carboxylic acids is 2. The largest absolute Gasteiger partial charge is 0.449 e. The molecule has 2 rings (SSSR count). The second-order valence-corrected chi connectivity index (χ2v) is 8.47. The molecule has 0 unspecified atom stereocenters. The fraction of sp³-hybridized carbons (Fsp3) is 0.421. The van der Waals surface area contributed by atoms with Crippen molar-refractivity contribution < 1.29 is 27.3 Å². The molecular weight excluding hydrogens is 398 g/mol. The lowest BCUT2D eigenvalue weighted by Crippen LogP contribution is -2.31. The average Bonchev–Trinajstić information content (AvgIpc) is 3.01. The monoisotopic (exact) mass is 423 g/mol. The van der Waals surface area contributed by atoms with E-state index in [9.17, 15) is 18.0 Å². The van der Waals surface area contributed by atoms with Gasteiger partial charge in [0.25, 0.3) is 5.91 Å². The number of rotatable bonds is 8. The van der Waals surface area contributed by atoms with Crippen LogP contribution in [0.2, 0.25) is 0 Å². The SMILES string of the molecule is CCc1noc(C)c1C(=O)O[C@H](C)C(=O)Nc1ccc(S(=O)(=O)NC(C)C)cc1. The smallest absolute Gasteiger partial charge is 0.344 e. The van der Waals surface area contributed by atoms with Gasteiger partial charge in [-0.1, -0.05) is 12.1 Å². The fourth-order valence-electron chi connectivity index (χ4n) is 2.53. The molecule has 9 nitrogen and oxygen atoms in total. The van der Waals surface area contributed by atoms with Crippen molar-refractivity contribution in [1.29, 1.82) is 0 Å². The molecule has 1 aromatic heterocycles. The number of aryl methyl sites for hydroxylation is 2. The number of amides is 1. The lowest BCUT2D eigenvalue weighted by Gasteiger charge is -2.14. The second-order valence-electron chi connectivity index (χ2n) is 6.75. The van der Waals surface area contributed by atoms with Crippen LogP contribution < -0.4 is 10.0 Å². The molecule has 10 heteroatoms. The summed E-state index contributed by atoms with van der Waals surface area (Å²) in [7, 11) is -3.62. The Morgan fingerprint density at radius 1 is 1.17 bits per heavy atom. The van der Waals surface area contributed by atoms with Gasteiger partial charge in [0, 0.05) is 11.7 Å². The van der Waals surface area contributed by atoms with Crippen LogP contribution in [0.3, 0.4) is 0 Å². The average molecular weight is 423 g/mol. The van der Waals surface area contributed by atoms with Crippen molar-refractivity contribution in [2.45, 2.75) is 58.1 Å². The molecule has 0 saturated carbocycles. The summed E-state index contributed by atoms with van der Waals surface area (Å²) in [4.78, 5) is 24.7. The summed E-state index contributed by atoms with van der Waals surface area (Å²) >= 11 is 0. The molecule has 2 aromatic rings. The summed E-state index contributed by atoms with van der Waals surface area (Å²) in [5, 5.41) is 6.37. The van der Waals surface area contributed by atoms with E-state index < -0.39 is 28.0 Å². The van der Waals surface area contributed by atoms with Crippen molar-refractivity contribution in [3.63, 3.8) is 0 Å². The third kappa shape index (κ3) is 5.64. The van der Waals surface area contributed by atoms with Crippen molar-refractivity contribution in [3.05, 3.63) is 41.3 Å². The Balaban J connectivity index is 2.02. The molecule has 0 aliphatic carbocycles. The van der Waals surface area contributed by atoms with E-state index in [1.807, 2.05) is 6.92 Å². The van der Waals surface area contributed by atoms with Gasteiger partial charge in [0.2, 0.25) is 10.0 Å². The number of ether oxygens (including phenoxy) is 1. The minimum Gasteiger partial charge on any atom is -0.449 e. The maximum absolute atomic E-state index is 12.3. The van der Waals surface area contributed by atoms with Gasteiger partial charge in [-0.15, -0.1) is 0 Å². The first kappa shape index (κ1) is 22.6. The highest BCUT2D eigenvalue weighted by Crippen LogP contribution is 2.18. The van der Waals surface area contributed by atoms with E-state index in [1.165, 1.54) is 31.2 Å². The number of aromatic nitrogens is 1. The summed E-state index contributed by atoms with van der Waals surface area (Å²) in [5.74, 6) is -0.919. The van der Waals surface area contributed by atoms with Crippen LogP contribution in [0, 0.1) is 6.92 Å². The van der Waals surface area contributed by atoms with Gasteiger partial charge in [0.1, 0.15) is 11.3 Å². The number of carbonyl (C=O) groups is 2. The molecule has 1 heterocycles. The first-order valence-electron chi connectivity index (χ1n) is 9.14. The van der Waals surface area contributed by atoms with Crippen molar-refractivity contribution >= 4 is 27.6 Å². The first-order valence-corrected chi connectivity index (χ1v) is 10.6. The molecule has 1 aromatic carbocycles. The second kappa shape index (κ2) is 9.19. The highest BCUT2D eigenvalue weighted by molar-refractivity contribution is 7.89. The van der Waals surface area contributed by atoms with Crippen LogP contribution in [0.5, 0.6) is 0 Å². The van der Waals surface area contributed by atoms with Crippen LogP contribution in [-0.4, -0.2) is 37.6 Å². The molecule has 0 aliphatic heterocycles. The number of sulfonamides is 1. The van der Waals surface area contributed by atoms with E-state index in [0.29, 0.717) is 23.6 Å². The van der Waals surface area contributed by atoms with Crippen molar-refractivity contribution in [2.24, 2.45) is 0 Å². The number of hydrogen-bond donors (Lipinski definition) is 2. The van der Waals surface area contributed by atoms with Gasteiger partial charge in [-0.05, 0) is 58.4 Å². The van der Waals surface area contributed by atoms with E-state index in [-0.39, 0.29) is 16.5 Å². The van der Waals surface area contributed by atoms with Crippen molar-refractivity contribution in [1.82, 2.24) is 9.88 Å². The minimum atomic E-state index is -3.62. The van der Waals surface area contributed by atoms with Crippen LogP contribution in [-0.2, 0) is 26.0 Å². The Bertz CT molecular complexity index is 980. The Labute approximate surface area is 169 Å². The Hall–Kier alpha value is -2.72. The number of nitrogens with zero attached hydrogens (tertiary/aromatic N) is 1. The van der Waals surface area contributed by atoms with E-state index in [2.05, 4.69) is 15.2 Å². The lowest BCUT2D eigenvalue weighted by atomic mass is 10.1. The molecule has 1 atom stereocenters. The summed E-state index contributed by atoms with van der Waals surface area (Å²) in [5.41, 5.74) is 1.06. The Morgan fingerprint density at radius 2 is 1.79 bits per heavy atom. The molecule has 0 bridgehead atoms. The third-order valence-electron chi connectivity index (χ3n) is 3.95. The van der Waals surface area contributed by atoms with Gasteiger partial charge < -0.3 is 14.6 Å². The quantitative estimate of drug-likeness (QED) is 0.624. The van der Waals surface area contributed by atoms with Crippen LogP contribution in [0.15, 0.2) is 33.7 Å². The highest BCUT2D eigenvalue weighted by Gasteiger charge is 2.25. The molecule has 0 radical (unpaired) electrons. The maximum Gasteiger partial charge on any atom is 0.344 e. The molecular formula is C19H25N3O6S. The van der Waals surface area contributed by atoms with Gasteiger partial charge in [0.15, 0.2) is 6.10 Å². The molecule has 1 amide bonds. The molecule has 0 fully saturated rings. The number of anilines is 1. The highest BCUT2D eigenvalue weighted by atomic mass is 32.2. The van der Waals surface area contributed by atoms with Crippen LogP contribution in [0.25, 0.3) is 0 Å². The van der Waals surface area contributed by atoms with E-state index in [0.717, 1.165) is 0 Å². The molecule has 29 heavy (non-hydrogen) atoms. The van der Waals surface area contributed by atoms with Crippen LogP contribution in [0.4, 0.5) is 5.69 Å². The summed E-state index contributed by atoms with van der Waals surface area (Å²) in [6.07, 6.45) is -0.587. The zero-order valence-electron chi connectivity index (χ0n) is 17.0. The Kier molecular flexibility index (Phi) is 7.15. The summed E-state index contributed by atoms with van der Waals surface area (Å²) in [6, 6.07) is 5.44. The molecule has 0 saturated heterocycles. The fourth-order valence-corrected chi connectivity index (χ4v) is 3.78. The van der Waals surface area contributed by atoms with Gasteiger partial charge in [-0.2, -0.15) is 0 Å². The predicted molar refractivity (Wildman–Crippen MR) is 106 cm³/mol. The van der Waals surface area contributed by atoms with Crippen LogP contribution >= 0.6 is 0 Å². The van der Waals surface area contributed by atoms with E-state index in [4.69, 9.17) is 9.26 Å². The van der Waals surface area contributed by atoms with E-state index >= 15 is 0 Å². The molecule has 158 valence electrons. The van der Waals surface area contributed by atoms with Crippen LogP contribution in [0.1, 0.15) is 49.5 Å². The standard InChI is InChI=1S/C19H25N3O6S/c1-6-16-17(12(4)28-21-16)19(24)27-13(5)18(23)20-14-7-9-15(10-8-14)29(25,26)22-11(2)3/h7-11,13,22H,6H2,1-5H3,(H,20,23)/t13-/m1/s1. The van der Waals surface area contributed by atoms with Gasteiger partial charge in [-0.25, -0.2) is 17.9 Å². The normalized spacial score (nSPS) is 12.6. The first-order chi connectivity index (χ1) is 13.5. The maximum atomic E-state index is 12.3. The van der Waals surface area contributed by atoms with Gasteiger partial charge in [0.05, 0.1) is 10.6 Å².